The lowest BCUT2D eigenvalue weighted by molar-refractivity contribution is 0.102. The molecule has 0 unspecified atom stereocenters. The molecular formula is C20H14N2O3S. The highest BCUT2D eigenvalue weighted by atomic mass is 32.1. The van der Waals surface area contributed by atoms with Gasteiger partial charge in [0.15, 0.2) is 5.13 Å². The lowest BCUT2D eigenvalue weighted by atomic mass is 10.0. The summed E-state index contributed by atoms with van der Waals surface area (Å²) < 4.78 is 0. The Labute approximate surface area is 153 Å². The second-order valence-corrected chi connectivity index (χ2v) is 6.55. The van der Waals surface area contributed by atoms with Gasteiger partial charge < -0.3 is 10.2 Å². The van der Waals surface area contributed by atoms with Gasteiger partial charge in [0.05, 0.1) is 11.3 Å². The number of carbonyl (C=O) groups excluding carboxylic acids is 1. The zero-order valence-electron chi connectivity index (χ0n) is 13.5. The third kappa shape index (κ3) is 2.87. The van der Waals surface area contributed by atoms with E-state index in [1.54, 1.807) is 23.6 Å². The fourth-order valence-corrected chi connectivity index (χ4v) is 3.45. The molecule has 1 heterocycles. The summed E-state index contributed by atoms with van der Waals surface area (Å²) in [5, 5.41) is 26.8. The fourth-order valence-electron chi connectivity index (χ4n) is 2.75. The van der Waals surface area contributed by atoms with Gasteiger partial charge in [0, 0.05) is 16.3 Å². The van der Waals surface area contributed by atoms with E-state index in [9.17, 15) is 15.0 Å². The van der Waals surface area contributed by atoms with Crippen molar-refractivity contribution in [3.05, 3.63) is 71.6 Å². The fraction of sp³-hybridized carbons (Fsp3) is 0. The summed E-state index contributed by atoms with van der Waals surface area (Å²) in [4.78, 5) is 16.7. The third-order valence-electron chi connectivity index (χ3n) is 4.05. The van der Waals surface area contributed by atoms with Crippen LogP contribution in [0.1, 0.15) is 10.4 Å². The zero-order chi connectivity index (χ0) is 18.1. The van der Waals surface area contributed by atoms with Crippen molar-refractivity contribution in [1.82, 2.24) is 4.98 Å². The molecule has 5 nitrogen and oxygen atoms in total. The summed E-state index contributed by atoms with van der Waals surface area (Å²) in [5.74, 6) is -0.368. The van der Waals surface area contributed by atoms with Crippen molar-refractivity contribution < 1.29 is 15.0 Å². The van der Waals surface area contributed by atoms with E-state index < -0.39 is 5.91 Å². The van der Waals surface area contributed by atoms with E-state index >= 15 is 0 Å². The van der Waals surface area contributed by atoms with Crippen LogP contribution in [-0.4, -0.2) is 21.1 Å². The van der Waals surface area contributed by atoms with Crippen LogP contribution in [0.5, 0.6) is 11.5 Å². The molecule has 128 valence electrons. The van der Waals surface area contributed by atoms with Gasteiger partial charge in [0.2, 0.25) is 0 Å². The summed E-state index contributed by atoms with van der Waals surface area (Å²) in [6.45, 7) is 0. The maximum Gasteiger partial charge on any atom is 0.261 e. The standard InChI is InChI=1S/C20H14N2O3S/c23-17-8-4-3-7-15(17)19(25)22-20-21-16(11-26-20)14-10-9-12-5-1-2-6-13(12)18(14)24/h1-11,23-24H,(H,21,22,25). The number of aromatic hydroxyl groups is 2. The molecule has 3 N–H and O–H groups in total. The van der Waals surface area contributed by atoms with Crippen LogP contribution in [0.3, 0.4) is 0 Å². The van der Waals surface area contributed by atoms with Gasteiger partial charge in [-0.05, 0) is 23.6 Å². The smallest absolute Gasteiger partial charge is 0.261 e. The van der Waals surface area contributed by atoms with Crippen LogP contribution in [-0.2, 0) is 0 Å². The maximum atomic E-state index is 12.3. The monoisotopic (exact) mass is 362 g/mol. The van der Waals surface area contributed by atoms with Gasteiger partial charge in [-0.15, -0.1) is 11.3 Å². The third-order valence-corrected chi connectivity index (χ3v) is 4.81. The lowest BCUT2D eigenvalue weighted by Gasteiger charge is -2.06. The number of rotatable bonds is 3. The predicted molar refractivity (Wildman–Crippen MR) is 103 cm³/mol. The first-order valence-corrected chi connectivity index (χ1v) is 8.77. The zero-order valence-corrected chi connectivity index (χ0v) is 14.3. The molecule has 26 heavy (non-hydrogen) atoms. The molecule has 6 heteroatoms. The number of fused-ring (bicyclic) bond motifs is 1. The Morgan fingerprint density at radius 1 is 0.962 bits per heavy atom. The van der Waals surface area contributed by atoms with Gasteiger partial charge in [-0.25, -0.2) is 4.98 Å². The van der Waals surface area contributed by atoms with E-state index in [0.29, 0.717) is 16.4 Å². The molecule has 0 aliphatic heterocycles. The van der Waals surface area contributed by atoms with Gasteiger partial charge in [-0.1, -0.05) is 42.5 Å². The summed E-state index contributed by atoms with van der Waals surface area (Å²) >= 11 is 1.25. The van der Waals surface area contributed by atoms with Crippen molar-refractivity contribution in [2.45, 2.75) is 0 Å². The Kier molecular flexibility index (Phi) is 4.02. The Morgan fingerprint density at radius 2 is 1.73 bits per heavy atom. The molecule has 1 amide bonds. The number of nitrogens with one attached hydrogen (secondary N) is 1. The summed E-state index contributed by atoms with van der Waals surface area (Å²) in [6, 6.07) is 17.6. The molecule has 3 aromatic carbocycles. The van der Waals surface area contributed by atoms with Crippen molar-refractivity contribution >= 4 is 33.1 Å². The number of benzene rings is 3. The quantitative estimate of drug-likeness (QED) is 0.496. The first-order chi connectivity index (χ1) is 12.6. The highest BCUT2D eigenvalue weighted by molar-refractivity contribution is 7.14. The minimum absolute atomic E-state index is 0.0889. The van der Waals surface area contributed by atoms with Crippen molar-refractivity contribution in [3.8, 4) is 22.8 Å². The molecule has 0 saturated heterocycles. The molecule has 0 aliphatic carbocycles. The topological polar surface area (TPSA) is 82.5 Å². The second-order valence-electron chi connectivity index (χ2n) is 5.69. The number of phenols is 2. The number of nitrogens with zero attached hydrogens (tertiary/aromatic N) is 1. The van der Waals surface area contributed by atoms with Gasteiger partial charge in [0.25, 0.3) is 5.91 Å². The number of thiazole rings is 1. The Balaban J connectivity index is 1.64. The summed E-state index contributed by atoms with van der Waals surface area (Å²) in [5.41, 5.74) is 1.35. The number of phenolic OH excluding ortho intramolecular Hbond substituents is 2. The molecule has 0 saturated carbocycles. The number of hydrogen-bond donors (Lipinski definition) is 3. The Hall–Kier alpha value is -3.38. The first kappa shape index (κ1) is 16.1. The molecule has 0 atom stereocenters. The molecule has 0 spiro atoms. The highest BCUT2D eigenvalue weighted by Gasteiger charge is 2.15. The average Bonchev–Trinajstić information content (AvgIpc) is 3.10. The molecular weight excluding hydrogens is 348 g/mol. The van der Waals surface area contributed by atoms with E-state index in [1.807, 2.05) is 30.3 Å². The number of amides is 1. The van der Waals surface area contributed by atoms with E-state index in [-0.39, 0.29) is 17.1 Å². The highest BCUT2D eigenvalue weighted by Crippen LogP contribution is 2.37. The van der Waals surface area contributed by atoms with Gasteiger partial charge in [-0.3, -0.25) is 10.1 Å². The molecule has 0 aliphatic rings. The number of hydrogen-bond acceptors (Lipinski definition) is 5. The Morgan fingerprint density at radius 3 is 2.58 bits per heavy atom. The minimum atomic E-state index is -0.438. The molecule has 0 bridgehead atoms. The van der Waals surface area contributed by atoms with Crippen LogP contribution < -0.4 is 5.32 Å². The normalized spacial score (nSPS) is 10.8. The van der Waals surface area contributed by atoms with Crippen LogP contribution in [0.2, 0.25) is 0 Å². The van der Waals surface area contributed by atoms with Crippen molar-refractivity contribution in [3.63, 3.8) is 0 Å². The number of para-hydroxylation sites is 1. The molecule has 4 rings (SSSR count). The average molecular weight is 362 g/mol. The number of aromatic nitrogens is 1. The van der Waals surface area contributed by atoms with Gasteiger partial charge >= 0.3 is 0 Å². The number of carbonyl (C=O) groups is 1. The van der Waals surface area contributed by atoms with E-state index in [1.165, 1.54) is 23.5 Å². The molecule has 4 aromatic rings. The summed E-state index contributed by atoms with van der Waals surface area (Å²) in [7, 11) is 0. The van der Waals surface area contributed by atoms with E-state index in [4.69, 9.17) is 0 Å². The van der Waals surface area contributed by atoms with Crippen molar-refractivity contribution in [2.24, 2.45) is 0 Å². The van der Waals surface area contributed by atoms with Gasteiger partial charge in [-0.2, -0.15) is 0 Å². The molecule has 0 radical (unpaired) electrons. The lowest BCUT2D eigenvalue weighted by Crippen LogP contribution is -2.11. The molecule has 1 aromatic heterocycles. The largest absolute Gasteiger partial charge is 0.507 e. The summed E-state index contributed by atoms with van der Waals surface area (Å²) in [6.07, 6.45) is 0. The SMILES string of the molecule is O=C(Nc1nc(-c2ccc3ccccc3c2O)cs1)c1ccccc1O. The Bertz CT molecular complexity index is 1120. The molecule has 0 fully saturated rings. The second kappa shape index (κ2) is 6.50. The van der Waals surface area contributed by atoms with Crippen LogP contribution in [0, 0.1) is 0 Å². The van der Waals surface area contributed by atoms with Crippen LogP contribution in [0.25, 0.3) is 22.0 Å². The van der Waals surface area contributed by atoms with Gasteiger partial charge in [0.1, 0.15) is 11.5 Å². The first-order valence-electron chi connectivity index (χ1n) is 7.89. The number of anilines is 1. The maximum absolute atomic E-state index is 12.3. The van der Waals surface area contributed by atoms with Crippen molar-refractivity contribution in [2.75, 3.05) is 5.32 Å². The van der Waals surface area contributed by atoms with Crippen molar-refractivity contribution in [1.29, 1.82) is 0 Å². The van der Waals surface area contributed by atoms with Crippen LogP contribution >= 0.6 is 11.3 Å². The van der Waals surface area contributed by atoms with Crippen LogP contribution in [0.15, 0.2) is 66.0 Å². The van der Waals surface area contributed by atoms with E-state index in [0.717, 1.165) is 10.8 Å². The van der Waals surface area contributed by atoms with E-state index in [2.05, 4.69) is 10.3 Å². The minimum Gasteiger partial charge on any atom is -0.507 e. The van der Waals surface area contributed by atoms with Crippen LogP contribution in [0.4, 0.5) is 5.13 Å². The predicted octanol–water partition coefficient (Wildman–Crippen LogP) is 4.63.